The van der Waals surface area contributed by atoms with Crippen LogP contribution in [-0.4, -0.2) is 18.7 Å². The minimum atomic E-state index is -0.327. The molecule has 0 aromatic heterocycles. The SMILES string of the molecule is O=C(COc1cccc2ccccc12)NN=Cc1ccc(OCc2ccccc2)cc1. The van der Waals surface area contributed by atoms with E-state index in [2.05, 4.69) is 10.5 Å². The number of hydrogen-bond donors (Lipinski definition) is 1. The Morgan fingerprint density at radius 1 is 0.806 bits per heavy atom. The molecule has 0 aliphatic carbocycles. The third-order valence-electron chi connectivity index (χ3n) is 4.64. The molecule has 0 fully saturated rings. The topological polar surface area (TPSA) is 59.9 Å². The van der Waals surface area contributed by atoms with Crippen LogP contribution in [0.4, 0.5) is 0 Å². The zero-order valence-electron chi connectivity index (χ0n) is 16.9. The third-order valence-corrected chi connectivity index (χ3v) is 4.64. The van der Waals surface area contributed by atoms with Crippen LogP contribution in [0.2, 0.25) is 0 Å². The van der Waals surface area contributed by atoms with Crippen LogP contribution >= 0.6 is 0 Å². The van der Waals surface area contributed by atoms with Crippen LogP contribution in [0.15, 0.2) is 102 Å². The monoisotopic (exact) mass is 410 g/mol. The second-order valence-electron chi connectivity index (χ2n) is 6.90. The summed E-state index contributed by atoms with van der Waals surface area (Å²) in [5.41, 5.74) is 4.45. The quantitative estimate of drug-likeness (QED) is 0.330. The van der Waals surface area contributed by atoms with Gasteiger partial charge in [-0.05, 0) is 46.8 Å². The fourth-order valence-electron chi connectivity index (χ4n) is 3.07. The van der Waals surface area contributed by atoms with E-state index in [1.54, 1.807) is 6.21 Å². The molecule has 4 aromatic carbocycles. The largest absolute Gasteiger partial charge is 0.489 e. The van der Waals surface area contributed by atoms with Crippen LogP contribution in [0.25, 0.3) is 10.8 Å². The van der Waals surface area contributed by atoms with Crippen LogP contribution in [-0.2, 0) is 11.4 Å². The van der Waals surface area contributed by atoms with Crippen molar-refractivity contribution in [2.45, 2.75) is 6.61 Å². The molecule has 0 spiro atoms. The third kappa shape index (κ3) is 5.70. The lowest BCUT2D eigenvalue weighted by Gasteiger charge is -2.08. The van der Waals surface area contributed by atoms with Crippen molar-refractivity contribution in [3.63, 3.8) is 0 Å². The summed E-state index contributed by atoms with van der Waals surface area (Å²) in [5, 5.41) is 6.03. The van der Waals surface area contributed by atoms with Gasteiger partial charge in [-0.25, -0.2) is 5.43 Å². The van der Waals surface area contributed by atoms with Gasteiger partial charge in [0.1, 0.15) is 18.1 Å². The first kappa shape index (κ1) is 20.2. The number of nitrogens with one attached hydrogen (secondary N) is 1. The Hall–Kier alpha value is -4.12. The van der Waals surface area contributed by atoms with Crippen molar-refractivity contribution >= 4 is 22.9 Å². The Morgan fingerprint density at radius 2 is 1.55 bits per heavy atom. The molecular weight excluding hydrogens is 388 g/mol. The van der Waals surface area contributed by atoms with E-state index in [1.165, 1.54) is 0 Å². The molecule has 0 heterocycles. The number of hydrogen-bond acceptors (Lipinski definition) is 4. The number of hydrazone groups is 1. The average molecular weight is 410 g/mol. The Labute approximate surface area is 180 Å². The van der Waals surface area contributed by atoms with Crippen molar-refractivity contribution in [1.82, 2.24) is 5.43 Å². The van der Waals surface area contributed by atoms with Gasteiger partial charge in [-0.1, -0.05) is 66.7 Å². The maximum Gasteiger partial charge on any atom is 0.277 e. The molecule has 1 amide bonds. The lowest BCUT2D eigenvalue weighted by molar-refractivity contribution is -0.123. The van der Waals surface area contributed by atoms with Gasteiger partial charge in [-0.2, -0.15) is 5.10 Å². The first-order valence-electron chi connectivity index (χ1n) is 9.97. The van der Waals surface area contributed by atoms with E-state index in [9.17, 15) is 4.79 Å². The number of benzene rings is 4. The molecule has 154 valence electrons. The zero-order valence-corrected chi connectivity index (χ0v) is 16.9. The molecule has 1 N–H and O–H groups in total. The van der Waals surface area contributed by atoms with Gasteiger partial charge < -0.3 is 9.47 Å². The molecule has 0 aliphatic rings. The molecule has 0 saturated heterocycles. The summed E-state index contributed by atoms with van der Waals surface area (Å²) in [6.07, 6.45) is 1.58. The minimum absolute atomic E-state index is 0.113. The summed E-state index contributed by atoms with van der Waals surface area (Å²) in [5.74, 6) is 1.11. The van der Waals surface area contributed by atoms with Gasteiger partial charge in [-0.15, -0.1) is 0 Å². The van der Waals surface area contributed by atoms with Gasteiger partial charge in [0.15, 0.2) is 6.61 Å². The summed E-state index contributed by atoms with van der Waals surface area (Å²) >= 11 is 0. The molecule has 4 rings (SSSR count). The Morgan fingerprint density at radius 3 is 2.39 bits per heavy atom. The van der Waals surface area contributed by atoms with Crippen LogP contribution in [0.3, 0.4) is 0 Å². The number of carbonyl (C=O) groups is 1. The van der Waals surface area contributed by atoms with E-state index in [0.717, 1.165) is 27.6 Å². The van der Waals surface area contributed by atoms with Crippen molar-refractivity contribution in [2.24, 2.45) is 5.10 Å². The molecule has 4 aromatic rings. The van der Waals surface area contributed by atoms with E-state index >= 15 is 0 Å². The van der Waals surface area contributed by atoms with Gasteiger partial charge in [0.2, 0.25) is 0 Å². The highest BCUT2D eigenvalue weighted by atomic mass is 16.5. The van der Waals surface area contributed by atoms with Crippen molar-refractivity contribution in [2.75, 3.05) is 6.61 Å². The predicted molar refractivity (Wildman–Crippen MR) is 122 cm³/mol. The van der Waals surface area contributed by atoms with Gasteiger partial charge in [0, 0.05) is 5.39 Å². The highest BCUT2D eigenvalue weighted by Crippen LogP contribution is 2.24. The lowest BCUT2D eigenvalue weighted by atomic mass is 10.1. The second-order valence-corrected chi connectivity index (χ2v) is 6.90. The molecule has 0 aliphatic heterocycles. The predicted octanol–water partition coefficient (Wildman–Crippen LogP) is 4.95. The number of ether oxygens (including phenoxy) is 2. The maximum atomic E-state index is 12.0. The van der Waals surface area contributed by atoms with Gasteiger partial charge in [0.05, 0.1) is 6.21 Å². The van der Waals surface area contributed by atoms with Crippen LogP contribution in [0.5, 0.6) is 11.5 Å². The van der Waals surface area contributed by atoms with Crippen molar-refractivity contribution in [1.29, 1.82) is 0 Å². The summed E-state index contributed by atoms with van der Waals surface area (Å²) in [6, 6.07) is 31.1. The minimum Gasteiger partial charge on any atom is -0.489 e. The van der Waals surface area contributed by atoms with Crippen molar-refractivity contribution in [3.05, 3.63) is 108 Å². The first-order chi connectivity index (χ1) is 15.3. The molecule has 0 radical (unpaired) electrons. The summed E-state index contributed by atoms with van der Waals surface area (Å²) < 4.78 is 11.4. The molecular formula is C26H22N2O3. The van der Waals surface area contributed by atoms with Crippen LogP contribution in [0.1, 0.15) is 11.1 Å². The van der Waals surface area contributed by atoms with Crippen molar-refractivity contribution < 1.29 is 14.3 Å². The van der Waals surface area contributed by atoms with E-state index in [4.69, 9.17) is 9.47 Å². The number of amides is 1. The number of carbonyl (C=O) groups excluding carboxylic acids is 1. The standard InChI is InChI=1S/C26H22N2O3/c29-26(19-31-25-12-6-10-22-9-4-5-11-24(22)25)28-27-17-20-13-15-23(16-14-20)30-18-21-7-2-1-3-8-21/h1-17H,18-19H2,(H,28,29). The van der Waals surface area contributed by atoms with Gasteiger partial charge in [-0.3, -0.25) is 4.79 Å². The van der Waals surface area contributed by atoms with Gasteiger partial charge >= 0.3 is 0 Å². The highest BCUT2D eigenvalue weighted by Gasteiger charge is 2.05. The maximum absolute atomic E-state index is 12.0. The highest BCUT2D eigenvalue weighted by molar-refractivity contribution is 5.89. The fraction of sp³-hybridized carbons (Fsp3) is 0.0769. The number of nitrogens with zero attached hydrogens (tertiary/aromatic N) is 1. The van der Waals surface area contributed by atoms with Crippen molar-refractivity contribution in [3.8, 4) is 11.5 Å². The molecule has 0 saturated carbocycles. The van der Waals surface area contributed by atoms with E-state index in [1.807, 2.05) is 97.1 Å². The van der Waals surface area contributed by atoms with Crippen LogP contribution in [0, 0.1) is 0 Å². The number of rotatable bonds is 8. The van der Waals surface area contributed by atoms with E-state index in [0.29, 0.717) is 12.4 Å². The smallest absolute Gasteiger partial charge is 0.277 e. The Balaban J connectivity index is 1.25. The zero-order chi connectivity index (χ0) is 21.3. The molecule has 5 heteroatoms. The average Bonchev–Trinajstić information content (AvgIpc) is 2.83. The van der Waals surface area contributed by atoms with E-state index in [-0.39, 0.29) is 12.5 Å². The summed E-state index contributed by atoms with van der Waals surface area (Å²) in [6.45, 7) is 0.401. The van der Waals surface area contributed by atoms with Gasteiger partial charge in [0.25, 0.3) is 5.91 Å². The van der Waals surface area contributed by atoms with Crippen LogP contribution < -0.4 is 14.9 Å². The summed E-state index contributed by atoms with van der Waals surface area (Å²) in [4.78, 5) is 12.0. The molecule has 0 bridgehead atoms. The lowest BCUT2D eigenvalue weighted by Crippen LogP contribution is -2.24. The number of fused-ring (bicyclic) bond motifs is 1. The first-order valence-corrected chi connectivity index (χ1v) is 9.97. The molecule has 0 atom stereocenters. The fourth-order valence-corrected chi connectivity index (χ4v) is 3.07. The Kier molecular flexibility index (Phi) is 6.55. The normalized spacial score (nSPS) is 10.8. The second kappa shape index (κ2) is 10.1. The van der Waals surface area contributed by atoms with E-state index < -0.39 is 0 Å². The Bertz CT molecular complexity index is 1170. The molecule has 0 unspecified atom stereocenters. The summed E-state index contributed by atoms with van der Waals surface area (Å²) in [7, 11) is 0. The molecule has 5 nitrogen and oxygen atoms in total. The molecule has 31 heavy (non-hydrogen) atoms.